The van der Waals surface area contributed by atoms with Gasteiger partial charge < -0.3 is 14.5 Å². The summed E-state index contributed by atoms with van der Waals surface area (Å²) in [6.07, 6.45) is 3.32. The number of nitrogens with zero attached hydrogens (tertiary/aromatic N) is 5. The molecule has 2 aromatic carbocycles. The minimum Gasteiger partial charge on any atom is -0.495 e. The van der Waals surface area contributed by atoms with Crippen LogP contribution in [0.4, 0.5) is 5.69 Å². The molecule has 2 atom stereocenters. The van der Waals surface area contributed by atoms with Gasteiger partial charge in [-0.05, 0) is 36.8 Å². The number of anilines is 1. The standard InChI is InChI=1S/C23H25N5O3/c1-16(17-8-10-19(11-9-17)28-15-24-14-25-28)26(2)23(30)18-12-22(29)27(13-18)20-6-4-5-7-21(20)31-3/h4-11,14-16,18H,12-13H2,1-3H3. The topological polar surface area (TPSA) is 80.6 Å². The summed E-state index contributed by atoms with van der Waals surface area (Å²) in [5.41, 5.74) is 2.60. The van der Waals surface area contributed by atoms with Crippen LogP contribution < -0.4 is 9.64 Å². The van der Waals surface area contributed by atoms with Crippen molar-refractivity contribution >= 4 is 17.5 Å². The largest absolute Gasteiger partial charge is 0.495 e. The third kappa shape index (κ3) is 4.01. The normalized spacial score (nSPS) is 16.9. The van der Waals surface area contributed by atoms with E-state index in [-0.39, 0.29) is 30.2 Å². The zero-order valence-electron chi connectivity index (χ0n) is 17.8. The first-order valence-electron chi connectivity index (χ1n) is 10.1. The van der Waals surface area contributed by atoms with E-state index in [9.17, 15) is 9.59 Å². The van der Waals surface area contributed by atoms with Crippen LogP contribution in [0.25, 0.3) is 5.69 Å². The highest BCUT2D eigenvalue weighted by atomic mass is 16.5. The van der Waals surface area contributed by atoms with Gasteiger partial charge in [0.25, 0.3) is 0 Å². The highest BCUT2D eigenvalue weighted by Crippen LogP contribution is 2.34. The van der Waals surface area contributed by atoms with Gasteiger partial charge in [0.15, 0.2) is 0 Å². The number of amides is 2. The van der Waals surface area contributed by atoms with Gasteiger partial charge in [-0.15, -0.1) is 0 Å². The van der Waals surface area contributed by atoms with Gasteiger partial charge >= 0.3 is 0 Å². The fourth-order valence-electron chi connectivity index (χ4n) is 3.91. The van der Waals surface area contributed by atoms with E-state index in [0.29, 0.717) is 18.0 Å². The lowest BCUT2D eigenvalue weighted by Crippen LogP contribution is -2.36. The summed E-state index contributed by atoms with van der Waals surface area (Å²) in [5.74, 6) is 0.122. The number of hydrogen-bond donors (Lipinski definition) is 0. The second kappa shape index (κ2) is 8.59. The zero-order valence-corrected chi connectivity index (χ0v) is 17.8. The Labute approximate surface area is 181 Å². The second-order valence-electron chi connectivity index (χ2n) is 7.63. The Bertz CT molecular complexity index is 1070. The Balaban J connectivity index is 1.46. The third-order valence-corrected chi connectivity index (χ3v) is 5.84. The highest BCUT2D eigenvalue weighted by Gasteiger charge is 2.38. The summed E-state index contributed by atoms with van der Waals surface area (Å²) in [7, 11) is 3.36. The molecule has 8 nitrogen and oxygen atoms in total. The number of ether oxygens (including phenoxy) is 1. The Morgan fingerprint density at radius 3 is 2.61 bits per heavy atom. The molecule has 1 fully saturated rings. The number of rotatable bonds is 6. The number of carbonyl (C=O) groups excluding carboxylic acids is 2. The van der Waals surface area contributed by atoms with Crippen LogP contribution in [-0.2, 0) is 9.59 Å². The van der Waals surface area contributed by atoms with Crippen molar-refractivity contribution in [3.8, 4) is 11.4 Å². The molecule has 1 aromatic heterocycles. The van der Waals surface area contributed by atoms with E-state index in [0.717, 1.165) is 11.3 Å². The Hall–Kier alpha value is -3.68. The lowest BCUT2D eigenvalue weighted by Gasteiger charge is -2.28. The SMILES string of the molecule is COc1ccccc1N1CC(C(=O)N(C)C(C)c2ccc(-n3cncn3)cc2)CC1=O. The Morgan fingerprint density at radius 1 is 1.19 bits per heavy atom. The molecule has 2 amide bonds. The maximum Gasteiger partial charge on any atom is 0.228 e. The van der Waals surface area contributed by atoms with Gasteiger partial charge in [-0.25, -0.2) is 9.67 Å². The molecule has 0 N–H and O–H groups in total. The van der Waals surface area contributed by atoms with Crippen molar-refractivity contribution in [3.05, 3.63) is 66.7 Å². The lowest BCUT2D eigenvalue weighted by atomic mass is 10.0. The fraction of sp³-hybridized carbons (Fsp3) is 0.304. The number of methoxy groups -OCH3 is 1. The number of aromatic nitrogens is 3. The van der Waals surface area contributed by atoms with E-state index in [4.69, 9.17) is 4.74 Å². The monoisotopic (exact) mass is 419 g/mol. The molecule has 2 unspecified atom stereocenters. The summed E-state index contributed by atoms with van der Waals surface area (Å²) in [6, 6.07) is 15.1. The first-order valence-corrected chi connectivity index (χ1v) is 10.1. The van der Waals surface area contributed by atoms with Crippen molar-refractivity contribution in [2.45, 2.75) is 19.4 Å². The maximum atomic E-state index is 13.2. The number of benzene rings is 2. The van der Waals surface area contributed by atoms with Crippen LogP contribution in [-0.4, -0.2) is 52.2 Å². The quantitative estimate of drug-likeness (QED) is 0.614. The van der Waals surface area contributed by atoms with Crippen LogP contribution in [0.15, 0.2) is 61.2 Å². The molecule has 1 saturated heterocycles. The Kier molecular flexibility index (Phi) is 5.70. The van der Waals surface area contributed by atoms with Crippen molar-refractivity contribution in [2.24, 2.45) is 5.92 Å². The van der Waals surface area contributed by atoms with Crippen molar-refractivity contribution in [1.29, 1.82) is 0 Å². The molecule has 0 aliphatic carbocycles. The predicted molar refractivity (Wildman–Crippen MR) is 116 cm³/mol. The molecule has 4 rings (SSSR count). The molecule has 1 aliphatic heterocycles. The van der Waals surface area contributed by atoms with E-state index >= 15 is 0 Å². The third-order valence-electron chi connectivity index (χ3n) is 5.84. The van der Waals surface area contributed by atoms with Gasteiger partial charge in [0, 0.05) is 20.0 Å². The Morgan fingerprint density at radius 2 is 1.94 bits per heavy atom. The average molecular weight is 419 g/mol. The van der Waals surface area contributed by atoms with Crippen molar-refractivity contribution in [3.63, 3.8) is 0 Å². The molecular formula is C23H25N5O3. The second-order valence-corrected chi connectivity index (χ2v) is 7.63. The first-order chi connectivity index (χ1) is 15.0. The molecule has 3 aromatic rings. The van der Waals surface area contributed by atoms with Crippen LogP contribution >= 0.6 is 0 Å². The van der Waals surface area contributed by atoms with Gasteiger partial charge in [-0.1, -0.05) is 24.3 Å². The summed E-state index contributed by atoms with van der Waals surface area (Å²) in [6.45, 7) is 2.33. The molecule has 0 spiro atoms. The van der Waals surface area contributed by atoms with Crippen molar-refractivity contribution < 1.29 is 14.3 Å². The molecule has 160 valence electrons. The average Bonchev–Trinajstić information content (AvgIpc) is 3.48. The molecule has 0 radical (unpaired) electrons. The molecule has 31 heavy (non-hydrogen) atoms. The molecule has 2 heterocycles. The van der Waals surface area contributed by atoms with E-state index in [2.05, 4.69) is 10.1 Å². The molecule has 0 saturated carbocycles. The summed E-state index contributed by atoms with van der Waals surface area (Å²) < 4.78 is 7.06. The minimum absolute atomic E-state index is 0.0430. The molecule has 1 aliphatic rings. The summed E-state index contributed by atoms with van der Waals surface area (Å²) >= 11 is 0. The van der Waals surface area contributed by atoms with Crippen LogP contribution in [0.1, 0.15) is 24.9 Å². The van der Waals surface area contributed by atoms with E-state index in [1.807, 2.05) is 55.5 Å². The van der Waals surface area contributed by atoms with E-state index < -0.39 is 0 Å². The number of para-hydroxylation sites is 2. The molecular weight excluding hydrogens is 394 g/mol. The van der Waals surface area contributed by atoms with Crippen LogP contribution in [0.2, 0.25) is 0 Å². The minimum atomic E-state index is -0.390. The van der Waals surface area contributed by atoms with Gasteiger partial charge in [-0.2, -0.15) is 5.10 Å². The zero-order chi connectivity index (χ0) is 22.0. The van der Waals surface area contributed by atoms with Crippen LogP contribution in [0, 0.1) is 5.92 Å². The van der Waals surface area contributed by atoms with Crippen LogP contribution in [0.3, 0.4) is 0 Å². The summed E-state index contributed by atoms with van der Waals surface area (Å²) in [4.78, 5) is 33.2. The molecule has 0 bridgehead atoms. The van der Waals surface area contributed by atoms with E-state index in [1.165, 1.54) is 6.33 Å². The predicted octanol–water partition coefficient (Wildman–Crippen LogP) is 2.85. The van der Waals surface area contributed by atoms with Crippen molar-refractivity contribution in [1.82, 2.24) is 19.7 Å². The number of hydrogen-bond acceptors (Lipinski definition) is 5. The van der Waals surface area contributed by atoms with Crippen molar-refractivity contribution in [2.75, 3.05) is 25.6 Å². The van der Waals surface area contributed by atoms with Gasteiger partial charge in [0.05, 0.1) is 30.4 Å². The van der Waals surface area contributed by atoms with Gasteiger partial charge in [0.2, 0.25) is 11.8 Å². The van der Waals surface area contributed by atoms with Gasteiger partial charge in [0.1, 0.15) is 18.4 Å². The number of carbonyl (C=O) groups is 2. The van der Waals surface area contributed by atoms with Crippen LogP contribution in [0.5, 0.6) is 5.75 Å². The highest BCUT2D eigenvalue weighted by molar-refractivity contribution is 6.01. The lowest BCUT2D eigenvalue weighted by molar-refractivity contribution is -0.136. The molecule has 8 heteroatoms. The maximum absolute atomic E-state index is 13.2. The van der Waals surface area contributed by atoms with E-state index in [1.54, 1.807) is 35.0 Å². The fourth-order valence-corrected chi connectivity index (χ4v) is 3.91. The smallest absolute Gasteiger partial charge is 0.228 e. The van der Waals surface area contributed by atoms with Gasteiger partial charge in [-0.3, -0.25) is 9.59 Å². The summed E-state index contributed by atoms with van der Waals surface area (Å²) in [5, 5.41) is 4.12. The first kappa shape index (κ1) is 20.6.